The van der Waals surface area contributed by atoms with Crippen molar-refractivity contribution in [2.75, 3.05) is 19.0 Å². The number of fused-ring (bicyclic) bond motifs is 1. The molecule has 1 saturated heterocycles. The van der Waals surface area contributed by atoms with E-state index in [0.717, 1.165) is 48.2 Å². The standard InChI is InChI=1S/C25H29N5O/c1-17-11-21(29-25-15-26-8-9-27-25)14-22(28-17)23-7-4-10-30(23)16-20-12-18-5-3-6-19(18)13-24(20)31-2/h8-9,11-15,23H,3-7,10,16H2,1-2H3,(H,27,28,29)/t23-/m0/s1. The summed E-state index contributed by atoms with van der Waals surface area (Å²) in [6.45, 7) is 4.02. The molecule has 3 heterocycles. The summed E-state index contributed by atoms with van der Waals surface area (Å²) in [6.07, 6.45) is 11.0. The summed E-state index contributed by atoms with van der Waals surface area (Å²) >= 11 is 0. The molecule has 31 heavy (non-hydrogen) atoms. The van der Waals surface area contributed by atoms with E-state index in [1.54, 1.807) is 25.7 Å². The first kappa shape index (κ1) is 19.9. The largest absolute Gasteiger partial charge is 0.496 e. The first-order valence-electron chi connectivity index (χ1n) is 11.1. The topological polar surface area (TPSA) is 63.2 Å². The SMILES string of the molecule is COc1cc2c(cc1CN1CCC[C@H]1c1cc(Nc3cnccn3)cc(C)n1)CCC2. The number of aryl methyl sites for hydroxylation is 3. The van der Waals surface area contributed by atoms with Crippen molar-refractivity contribution in [2.45, 2.75) is 51.6 Å². The Balaban J connectivity index is 1.40. The maximum absolute atomic E-state index is 5.76. The van der Waals surface area contributed by atoms with Gasteiger partial charge in [-0.25, -0.2) is 4.98 Å². The van der Waals surface area contributed by atoms with Gasteiger partial charge in [-0.15, -0.1) is 0 Å². The molecule has 1 aliphatic carbocycles. The molecule has 5 rings (SSSR count). The first-order valence-corrected chi connectivity index (χ1v) is 11.1. The number of likely N-dealkylation sites (tertiary alicyclic amines) is 1. The summed E-state index contributed by atoms with van der Waals surface area (Å²) in [5.41, 5.74) is 7.37. The maximum Gasteiger partial charge on any atom is 0.148 e. The fourth-order valence-corrected chi connectivity index (χ4v) is 4.98. The van der Waals surface area contributed by atoms with Crippen molar-refractivity contribution in [3.63, 3.8) is 0 Å². The number of pyridine rings is 1. The number of anilines is 2. The zero-order valence-electron chi connectivity index (χ0n) is 18.3. The van der Waals surface area contributed by atoms with Gasteiger partial charge in [-0.2, -0.15) is 0 Å². The Morgan fingerprint density at radius 1 is 1.10 bits per heavy atom. The van der Waals surface area contributed by atoms with E-state index in [9.17, 15) is 0 Å². The number of benzene rings is 1. The van der Waals surface area contributed by atoms with Crippen LogP contribution in [-0.2, 0) is 19.4 Å². The van der Waals surface area contributed by atoms with Crippen molar-refractivity contribution in [1.29, 1.82) is 0 Å². The van der Waals surface area contributed by atoms with E-state index in [1.165, 1.54) is 42.4 Å². The summed E-state index contributed by atoms with van der Waals surface area (Å²) in [4.78, 5) is 15.9. The Kier molecular flexibility index (Phi) is 5.55. The highest BCUT2D eigenvalue weighted by Gasteiger charge is 2.29. The molecule has 1 N–H and O–H groups in total. The smallest absolute Gasteiger partial charge is 0.148 e. The summed E-state index contributed by atoms with van der Waals surface area (Å²) in [7, 11) is 1.79. The van der Waals surface area contributed by atoms with Crippen LogP contribution in [-0.4, -0.2) is 33.5 Å². The van der Waals surface area contributed by atoms with Crippen LogP contribution in [0.5, 0.6) is 5.75 Å². The molecule has 2 aromatic heterocycles. The Bertz CT molecular complexity index is 1070. The van der Waals surface area contributed by atoms with Crippen LogP contribution in [0.25, 0.3) is 0 Å². The molecule has 160 valence electrons. The molecule has 1 atom stereocenters. The number of hydrogen-bond acceptors (Lipinski definition) is 6. The molecule has 0 radical (unpaired) electrons. The van der Waals surface area contributed by atoms with Crippen molar-refractivity contribution in [3.05, 3.63) is 70.9 Å². The zero-order valence-corrected chi connectivity index (χ0v) is 18.3. The molecule has 2 aliphatic rings. The minimum atomic E-state index is 0.306. The lowest BCUT2D eigenvalue weighted by atomic mass is 10.0. The van der Waals surface area contributed by atoms with Crippen LogP contribution in [0.3, 0.4) is 0 Å². The van der Waals surface area contributed by atoms with Gasteiger partial charge in [0.05, 0.1) is 25.0 Å². The van der Waals surface area contributed by atoms with E-state index in [1.807, 2.05) is 6.92 Å². The van der Waals surface area contributed by atoms with Crippen LogP contribution in [0.4, 0.5) is 11.5 Å². The fraction of sp³-hybridized carbons (Fsp3) is 0.400. The number of rotatable bonds is 6. The van der Waals surface area contributed by atoms with Crippen molar-refractivity contribution in [2.24, 2.45) is 0 Å². The van der Waals surface area contributed by atoms with Gasteiger partial charge in [0, 0.05) is 35.9 Å². The average Bonchev–Trinajstić information content (AvgIpc) is 3.42. The lowest BCUT2D eigenvalue weighted by molar-refractivity contribution is 0.240. The van der Waals surface area contributed by atoms with Crippen LogP contribution in [0, 0.1) is 6.92 Å². The number of hydrogen-bond donors (Lipinski definition) is 1. The van der Waals surface area contributed by atoms with E-state index in [2.05, 4.69) is 44.5 Å². The van der Waals surface area contributed by atoms with Crippen LogP contribution < -0.4 is 10.1 Å². The van der Waals surface area contributed by atoms with Gasteiger partial charge in [0.25, 0.3) is 0 Å². The predicted molar refractivity (Wildman–Crippen MR) is 122 cm³/mol. The highest BCUT2D eigenvalue weighted by molar-refractivity contribution is 5.56. The summed E-state index contributed by atoms with van der Waals surface area (Å²) < 4.78 is 5.76. The van der Waals surface area contributed by atoms with Crippen molar-refractivity contribution < 1.29 is 4.74 Å². The molecule has 0 bridgehead atoms. The maximum atomic E-state index is 5.76. The number of ether oxygens (including phenoxy) is 1. The van der Waals surface area contributed by atoms with Crippen molar-refractivity contribution >= 4 is 11.5 Å². The molecule has 1 aromatic carbocycles. The first-order chi connectivity index (χ1) is 15.2. The van der Waals surface area contributed by atoms with E-state index in [4.69, 9.17) is 9.72 Å². The van der Waals surface area contributed by atoms with Gasteiger partial charge in [-0.05, 0) is 74.9 Å². The molecule has 1 aliphatic heterocycles. The Hall–Kier alpha value is -2.99. The van der Waals surface area contributed by atoms with Crippen LogP contribution in [0.1, 0.15) is 53.4 Å². The number of aromatic nitrogens is 3. The molecule has 0 unspecified atom stereocenters. The van der Waals surface area contributed by atoms with E-state index >= 15 is 0 Å². The highest BCUT2D eigenvalue weighted by atomic mass is 16.5. The minimum Gasteiger partial charge on any atom is -0.496 e. The number of nitrogens with one attached hydrogen (secondary N) is 1. The van der Waals surface area contributed by atoms with Crippen LogP contribution in [0.15, 0.2) is 42.9 Å². The molecule has 0 spiro atoms. The predicted octanol–water partition coefficient (Wildman–Crippen LogP) is 4.76. The number of nitrogens with zero attached hydrogens (tertiary/aromatic N) is 4. The monoisotopic (exact) mass is 415 g/mol. The van der Waals surface area contributed by atoms with Crippen LogP contribution >= 0.6 is 0 Å². The van der Waals surface area contributed by atoms with E-state index in [-0.39, 0.29) is 0 Å². The normalized spacial score (nSPS) is 18.2. The summed E-state index contributed by atoms with van der Waals surface area (Å²) in [6, 6.07) is 9.16. The Morgan fingerprint density at radius 3 is 2.77 bits per heavy atom. The second-order valence-corrected chi connectivity index (χ2v) is 8.55. The molecule has 3 aromatic rings. The van der Waals surface area contributed by atoms with Gasteiger partial charge >= 0.3 is 0 Å². The lowest BCUT2D eigenvalue weighted by Gasteiger charge is -2.26. The second kappa shape index (κ2) is 8.63. The van der Waals surface area contributed by atoms with Crippen molar-refractivity contribution in [1.82, 2.24) is 19.9 Å². The van der Waals surface area contributed by atoms with Gasteiger partial charge in [-0.1, -0.05) is 6.07 Å². The molecule has 6 nitrogen and oxygen atoms in total. The third-order valence-corrected chi connectivity index (χ3v) is 6.38. The van der Waals surface area contributed by atoms with Crippen molar-refractivity contribution in [3.8, 4) is 5.75 Å². The average molecular weight is 416 g/mol. The van der Waals surface area contributed by atoms with Crippen LogP contribution in [0.2, 0.25) is 0 Å². The van der Waals surface area contributed by atoms with Gasteiger partial charge in [-0.3, -0.25) is 14.9 Å². The molecular formula is C25H29N5O. The fourth-order valence-electron chi connectivity index (χ4n) is 4.98. The summed E-state index contributed by atoms with van der Waals surface area (Å²) in [5.74, 6) is 1.76. The molecule has 0 amide bonds. The van der Waals surface area contributed by atoms with Gasteiger partial charge in [0.15, 0.2) is 0 Å². The lowest BCUT2D eigenvalue weighted by Crippen LogP contribution is -2.24. The molecule has 6 heteroatoms. The Labute approximate surface area is 183 Å². The summed E-state index contributed by atoms with van der Waals surface area (Å²) in [5, 5.41) is 3.37. The van der Waals surface area contributed by atoms with E-state index < -0.39 is 0 Å². The van der Waals surface area contributed by atoms with E-state index in [0.29, 0.717) is 6.04 Å². The van der Waals surface area contributed by atoms with Gasteiger partial charge in [0.2, 0.25) is 0 Å². The minimum absolute atomic E-state index is 0.306. The molecular weight excluding hydrogens is 386 g/mol. The number of methoxy groups -OCH3 is 1. The zero-order chi connectivity index (χ0) is 21.2. The highest BCUT2D eigenvalue weighted by Crippen LogP contribution is 2.37. The molecule has 1 fully saturated rings. The quantitative estimate of drug-likeness (QED) is 0.626. The third-order valence-electron chi connectivity index (χ3n) is 6.38. The second-order valence-electron chi connectivity index (χ2n) is 8.55. The van der Waals surface area contributed by atoms with Gasteiger partial charge < -0.3 is 10.1 Å². The Morgan fingerprint density at radius 2 is 1.97 bits per heavy atom. The third kappa shape index (κ3) is 4.26. The molecule has 0 saturated carbocycles. The van der Waals surface area contributed by atoms with Gasteiger partial charge in [0.1, 0.15) is 11.6 Å².